The van der Waals surface area contributed by atoms with Crippen molar-refractivity contribution in [1.82, 2.24) is 5.32 Å². The Morgan fingerprint density at radius 3 is 2.07 bits per heavy atom. The van der Waals surface area contributed by atoms with Crippen molar-refractivity contribution in [3.8, 4) is 5.75 Å². The molecule has 1 heterocycles. The van der Waals surface area contributed by atoms with Crippen molar-refractivity contribution in [2.75, 3.05) is 13.1 Å². The zero-order valence-corrected chi connectivity index (χ0v) is 9.57. The number of aldehydes is 1. The maximum atomic E-state index is 10.1. The molecule has 0 aromatic heterocycles. The van der Waals surface area contributed by atoms with Gasteiger partial charge in [-0.1, -0.05) is 12.1 Å². The van der Waals surface area contributed by atoms with E-state index in [0.29, 0.717) is 11.8 Å². The summed E-state index contributed by atoms with van der Waals surface area (Å²) in [5.41, 5.74) is 0.331. The van der Waals surface area contributed by atoms with Crippen LogP contribution in [0, 0.1) is 0 Å². The normalized spacial score (nSPS) is 10.7. The topological polar surface area (TPSA) is 96.5 Å². The SMILES string of the molecule is C1CN1.O=Cc1ccccc1O.[O]=[Ti][OH]. The molecule has 0 bridgehead atoms. The number of hydrogen-bond acceptors (Lipinski definition) is 4. The second kappa shape index (κ2) is 9.67. The molecular formula is C9H12NO4Ti. The van der Waals surface area contributed by atoms with E-state index in [0.717, 1.165) is 0 Å². The van der Waals surface area contributed by atoms with Crippen molar-refractivity contribution >= 4 is 6.29 Å². The van der Waals surface area contributed by atoms with Crippen LogP contribution in [0.15, 0.2) is 24.3 Å². The Balaban J connectivity index is 0.000000268. The minimum atomic E-state index is -1.75. The van der Waals surface area contributed by atoms with Gasteiger partial charge in [0.15, 0.2) is 6.29 Å². The van der Waals surface area contributed by atoms with E-state index in [2.05, 4.69) is 5.32 Å². The quantitative estimate of drug-likeness (QED) is 0.371. The molecule has 0 unspecified atom stereocenters. The molecule has 0 atom stereocenters. The molecule has 5 nitrogen and oxygen atoms in total. The van der Waals surface area contributed by atoms with Crippen LogP contribution >= 0.6 is 0 Å². The predicted octanol–water partition coefficient (Wildman–Crippen LogP) is 0.116. The van der Waals surface area contributed by atoms with Crippen LogP contribution in [0.4, 0.5) is 0 Å². The number of nitrogens with one attached hydrogen (secondary N) is 1. The fourth-order valence-corrected chi connectivity index (χ4v) is 0.587. The molecule has 15 heavy (non-hydrogen) atoms. The summed E-state index contributed by atoms with van der Waals surface area (Å²) in [5, 5.41) is 11.9. The molecule has 3 N–H and O–H groups in total. The van der Waals surface area contributed by atoms with E-state index in [1.807, 2.05) is 0 Å². The summed E-state index contributed by atoms with van der Waals surface area (Å²) >= 11 is -1.75. The van der Waals surface area contributed by atoms with Crippen molar-refractivity contribution < 1.29 is 36.4 Å². The van der Waals surface area contributed by atoms with Gasteiger partial charge in [0, 0.05) is 13.1 Å². The number of carbonyl (C=O) groups excluding carboxylic acids is 1. The Kier molecular flexibility index (Phi) is 9.11. The number of phenolic OH excluding ortho intramolecular Hbond substituents is 1. The number of aromatic hydroxyl groups is 1. The molecule has 1 aliphatic heterocycles. The third-order valence-electron chi connectivity index (χ3n) is 1.31. The summed E-state index contributed by atoms with van der Waals surface area (Å²) in [6, 6.07) is 6.40. The van der Waals surface area contributed by atoms with Crippen LogP contribution in [0.2, 0.25) is 0 Å². The number of rotatable bonds is 1. The van der Waals surface area contributed by atoms with Crippen LogP contribution in [0.3, 0.4) is 0 Å². The third kappa shape index (κ3) is 9.43. The molecule has 0 radical (unpaired) electrons. The van der Waals surface area contributed by atoms with Crippen LogP contribution in [0.25, 0.3) is 0 Å². The summed E-state index contributed by atoms with van der Waals surface area (Å²) in [6.45, 7) is 2.50. The summed E-state index contributed by atoms with van der Waals surface area (Å²) in [4.78, 5) is 10.1. The molecule has 2 rings (SSSR count). The van der Waals surface area contributed by atoms with Crippen LogP contribution in [-0.4, -0.2) is 28.2 Å². The van der Waals surface area contributed by atoms with Crippen LogP contribution in [0.1, 0.15) is 10.4 Å². The first-order valence-corrected chi connectivity index (χ1v) is 5.55. The van der Waals surface area contributed by atoms with E-state index < -0.39 is 19.5 Å². The first kappa shape index (κ1) is 14.1. The average Bonchev–Trinajstić information content (AvgIpc) is 3.06. The number of hydrogen-bond donors (Lipinski definition) is 3. The zero-order chi connectivity index (χ0) is 11.5. The second-order valence-corrected chi connectivity index (χ2v) is 2.80. The minimum absolute atomic E-state index is 0.0347. The van der Waals surface area contributed by atoms with Crippen molar-refractivity contribution in [2.45, 2.75) is 0 Å². The van der Waals surface area contributed by atoms with Crippen molar-refractivity contribution in [3.05, 3.63) is 29.8 Å². The van der Waals surface area contributed by atoms with Gasteiger partial charge in [0.1, 0.15) is 5.75 Å². The maximum absolute atomic E-state index is 10.1. The summed E-state index contributed by atoms with van der Waals surface area (Å²) < 4.78 is 15.8. The fraction of sp³-hybridized carbons (Fsp3) is 0.222. The Morgan fingerprint density at radius 1 is 1.33 bits per heavy atom. The van der Waals surface area contributed by atoms with Crippen molar-refractivity contribution in [2.24, 2.45) is 0 Å². The molecule has 0 spiro atoms. The number of benzene rings is 1. The monoisotopic (exact) mass is 246 g/mol. The van der Waals surface area contributed by atoms with Crippen molar-refractivity contribution in [1.29, 1.82) is 0 Å². The van der Waals surface area contributed by atoms with Gasteiger partial charge in [0.2, 0.25) is 0 Å². The van der Waals surface area contributed by atoms with E-state index in [1.54, 1.807) is 18.2 Å². The fourth-order valence-electron chi connectivity index (χ4n) is 0.587. The van der Waals surface area contributed by atoms with Crippen LogP contribution in [0.5, 0.6) is 5.75 Å². The standard InChI is InChI=1S/C7H6O2.C2H5N.H2O.O.Ti/c8-5-6-3-1-2-4-7(6)9;1-2-3-1;;;/h1-5,9H;3H,1-2H2;1H2;;/q;;;;+1/p-1. The van der Waals surface area contributed by atoms with E-state index in [9.17, 15) is 4.79 Å². The predicted molar refractivity (Wildman–Crippen MR) is 49.3 cm³/mol. The molecule has 0 aliphatic carbocycles. The average molecular weight is 246 g/mol. The van der Waals surface area contributed by atoms with E-state index >= 15 is 0 Å². The Labute approximate surface area is 96.9 Å². The summed E-state index contributed by atoms with van der Waals surface area (Å²) in [6.07, 6.45) is 0.620. The Hall–Kier alpha value is -0.876. The van der Waals surface area contributed by atoms with Gasteiger partial charge >= 0.3 is 26.5 Å². The molecular weight excluding hydrogens is 234 g/mol. The number of carbonyl (C=O) groups is 1. The van der Waals surface area contributed by atoms with E-state index in [-0.39, 0.29) is 5.75 Å². The van der Waals surface area contributed by atoms with Gasteiger partial charge in [-0.15, -0.1) is 0 Å². The molecule has 1 fully saturated rings. The molecule has 1 aromatic carbocycles. The van der Waals surface area contributed by atoms with Gasteiger partial charge in [-0.2, -0.15) is 0 Å². The van der Waals surface area contributed by atoms with Gasteiger partial charge in [0.05, 0.1) is 5.56 Å². The number of para-hydroxylation sites is 1. The van der Waals surface area contributed by atoms with Gasteiger partial charge in [-0.05, 0) is 12.1 Å². The number of phenols is 1. The second-order valence-electron chi connectivity index (χ2n) is 2.52. The Bertz CT molecular complexity index is 301. The van der Waals surface area contributed by atoms with E-state index in [4.69, 9.17) is 12.1 Å². The summed E-state index contributed by atoms with van der Waals surface area (Å²) in [5.74, 6) is 0.0347. The van der Waals surface area contributed by atoms with Crippen molar-refractivity contribution in [3.63, 3.8) is 0 Å². The molecule has 1 aromatic rings. The first-order valence-electron chi connectivity index (χ1n) is 4.21. The first-order chi connectivity index (χ1) is 7.26. The van der Waals surface area contributed by atoms with Gasteiger partial charge < -0.3 is 10.4 Å². The van der Waals surface area contributed by atoms with Gasteiger partial charge in [-0.3, -0.25) is 4.79 Å². The molecule has 81 valence electrons. The van der Waals surface area contributed by atoms with E-state index in [1.165, 1.54) is 19.2 Å². The molecule has 1 saturated heterocycles. The van der Waals surface area contributed by atoms with Gasteiger partial charge in [0.25, 0.3) is 0 Å². The summed E-state index contributed by atoms with van der Waals surface area (Å²) in [7, 11) is 0. The molecule has 1 aliphatic rings. The van der Waals surface area contributed by atoms with Crippen LogP contribution in [-0.2, 0) is 22.8 Å². The molecule has 6 heteroatoms. The van der Waals surface area contributed by atoms with Crippen LogP contribution < -0.4 is 5.32 Å². The zero-order valence-electron chi connectivity index (χ0n) is 8.01. The molecule has 0 amide bonds. The van der Waals surface area contributed by atoms with Gasteiger partial charge in [-0.25, -0.2) is 0 Å². The Morgan fingerprint density at radius 2 is 1.80 bits per heavy atom. The third-order valence-corrected chi connectivity index (χ3v) is 1.31. The molecule has 0 saturated carbocycles.